The van der Waals surface area contributed by atoms with E-state index in [1.54, 1.807) is 11.3 Å². The van der Waals surface area contributed by atoms with Crippen molar-refractivity contribution < 1.29 is 0 Å². The zero-order valence-corrected chi connectivity index (χ0v) is 13.4. The van der Waals surface area contributed by atoms with Crippen LogP contribution in [0.15, 0.2) is 34.8 Å². The molecule has 2 rings (SSSR count). The van der Waals surface area contributed by atoms with Gasteiger partial charge >= 0.3 is 0 Å². The second-order valence-electron chi connectivity index (χ2n) is 3.17. The van der Waals surface area contributed by atoms with Gasteiger partial charge in [-0.1, -0.05) is 55.1 Å². The Kier molecular flexibility index (Phi) is 4.36. The monoisotopic (exact) mass is 398 g/mol. The van der Waals surface area contributed by atoms with Crippen LogP contribution in [0.1, 0.15) is 15.3 Å². The molecule has 5 heteroatoms. The summed E-state index contributed by atoms with van der Waals surface area (Å²) in [5, 5.41) is 0.727. The molecule has 0 N–H and O–H groups in total. The van der Waals surface area contributed by atoms with Crippen LogP contribution in [0.2, 0.25) is 9.36 Å². The van der Waals surface area contributed by atoms with Gasteiger partial charge in [-0.25, -0.2) is 0 Å². The Balaban J connectivity index is 2.40. The zero-order chi connectivity index (χ0) is 11.7. The first-order chi connectivity index (χ1) is 7.58. The van der Waals surface area contributed by atoms with E-state index in [9.17, 15) is 0 Å². The van der Waals surface area contributed by atoms with Crippen LogP contribution in [-0.2, 0) is 0 Å². The predicted molar refractivity (Wildman–Crippen MR) is 79.3 cm³/mol. The molecule has 84 valence electrons. The minimum absolute atomic E-state index is 0.109. The Morgan fingerprint density at radius 2 is 1.88 bits per heavy atom. The lowest BCUT2D eigenvalue weighted by molar-refractivity contribution is 1.21. The van der Waals surface area contributed by atoms with E-state index >= 15 is 0 Å². The number of thiophene rings is 1. The van der Waals surface area contributed by atoms with Gasteiger partial charge in [0.25, 0.3) is 0 Å². The fraction of sp³-hybridized carbons (Fsp3) is 0.0909. The largest absolute Gasteiger partial charge is 0.127 e. The predicted octanol–water partition coefficient (Wildman–Crippen LogP) is 6.30. The highest BCUT2D eigenvalue weighted by atomic mass is 79.9. The van der Waals surface area contributed by atoms with Crippen LogP contribution >= 0.6 is 66.4 Å². The van der Waals surface area contributed by atoms with E-state index in [0.29, 0.717) is 0 Å². The third-order valence-electron chi connectivity index (χ3n) is 2.07. The molecule has 0 radical (unpaired) electrons. The van der Waals surface area contributed by atoms with Gasteiger partial charge in [-0.3, -0.25) is 0 Å². The van der Waals surface area contributed by atoms with Gasteiger partial charge in [0.05, 0.1) is 9.16 Å². The summed E-state index contributed by atoms with van der Waals surface area (Å²) >= 11 is 20.6. The van der Waals surface area contributed by atoms with Crippen molar-refractivity contribution in [3.8, 4) is 0 Å². The van der Waals surface area contributed by atoms with Crippen LogP contribution in [-0.4, -0.2) is 0 Å². The SMILES string of the molecule is Clc1ccc(Br)c(C(Br)c2ccc(Cl)s2)c1. The van der Waals surface area contributed by atoms with Gasteiger partial charge in [-0.15, -0.1) is 11.3 Å². The van der Waals surface area contributed by atoms with Crippen LogP contribution in [0.4, 0.5) is 0 Å². The fourth-order valence-corrected chi connectivity index (χ4v) is 4.16. The number of hydrogen-bond donors (Lipinski definition) is 0. The Hall–Kier alpha value is 0.460. The molecule has 1 aromatic carbocycles. The molecule has 0 nitrogen and oxygen atoms in total. The van der Waals surface area contributed by atoms with Gasteiger partial charge in [-0.2, -0.15) is 0 Å². The first-order valence-electron chi connectivity index (χ1n) is 4.42. The quantitative estimate of drug-likeness (QED) is 0.519. The van der Waals surface area contributed by atoms with E-state index in [2.05, 4.69) is 31.9 Å². The summed E-state index contributed by atoms with van der Waals surface area (Å²) in [5.41, 5.74) is 1.10. The Labute approximate surface area is 125 Å². The third-order valence-corrected chi connectivity index (χ3v) is 5.62. The summed E-state index contributed by atoms with van der Waals surface area (Å²) < 4.78 is 1.82. The number of benzene rings is 1. The van der Waals surface area contributed by atoms with E-state index < -0.39 is 0 Å². The van der Waals surface area contributed by atoms with E-state index in [1.807, 2.05) is 30.3 Å². The number of alkyl halides is 1. The van der Waals surface area contributed by atoms with E-state index in [-0.39, 0.29) is 4.83 Å². The minimum atomic E-state index is 0.109. The summed E-state index contributed by atoms with van der Waals surface area (Å²) in [6, 6.07) is 9.66. The van der Waals surface area contributed by atoms with Crippen LogP contribution in [0.25, 0.3) is 0 Å². The molecule has 0 fully saturated rings. The molecule has 0 aliphatic rings. The molecular weight excluding hydrogens is 395 g/mol. The third kappa shape index (κ3) is 2.82. The molecule has 0 aliphatic heterocycles. The van der Waals surface area contributed by atoms with Gasteiger partial charge < -0.3 is 0 Å². The van der Waals surface area contributed by atoms with Crippen molar-refractivity contribution in [3.05, 3.63) is 54.6 Å². The zero-order valence-electron chi connectivity index (χ0n) is 7.88. The maximum Gasteiger partial charge on any atom is 0.0931 e. The summed E-state index contributed by atoms with van der Waals surface area (Å²) in [6.07, 6.45) is 0. The van der Waals surface area contributed by atoms with Gasteiger partial charge in [0.1, 0.15) is 0 Å². The minimum Gasteiger partial charge on any atom is -0.127 e. The molecular formula is C11H6Br2Cl2S. The normalized spacial score (nSPS) is 12.8. The lowest BCUT2D eigenvalue weighted by atomic mass is 10.1. The van der Waals surface area contributed by atoms with Crippen molar-refractivity contribution in [2.75, 3.05) is 0 Å². The Morgan fingerprint density at radius 3 is 2.50 bits per heavy atom. The molecule has 0 amide bonds. The number of hydrogen-bond acceptors (Lipinski definition) is 1. The second-order valence-corrected chi connectivity index (χ2v) is 7.12. The van der Waals surface area contributed by atoms with Crippen molar-refractivity contribution in [1.29, 1.82) is 0 Å². The molecule has 1 heterocycles. The highest BCUT2D eigenvalue weighted by Gasteiger charge is 2.15. The molecule has 16 heavy (non-hydrogen) atoms. The van der Waals surface area contributed by atoms with Crippen molar-refractivity contribution in [3.63, 3.8) is 0 Å². The lowest BCUT2D eigenvalue weighted by Gasteiger charge is -2.10. The van der Waals surface area contributed by atoms with E-state index in [0.717, 1.165) is 24.3 Å². The van der Waals surface area contributed by atoms with Crippen molar-refractivity contribution in [2.45, 2.75) is 4.83 Å². The summed E-state index contributed by atoms with van der Waals surface area (Å²) in [4.78, 5) is 1.27. The van der Waals surface area contributed by atoms with Gasteiger partial charge in [0.2, 0.25) is 0 Å². The first kappa shape index (κ1) is 12.9. The highest BCUT2D eigenvalue weighted by molar-refractivity contribution is 9.11. The standard InChI is InChI=1S/C11H6Br2Cl2S/c12-8-2-1-6(14)5-7(8)11(13)9-3-4-10(15)16-9/h1-5,11H. The Bertz CT molecular complexity index is 510. The van der Waals surface area contributed by atoms with E-state index in [1.165, 1.54) is 0 Å². The van der Waals surface area contributed by atoms with Crippen molar-refractivity contribution in [2.24, 2.45) is 0 Å². The first-order valence-corrected chi connectivity index (χ1v) is 7.70. The van der Waals surface area contributed by atoms with Crippen LogP contribution in [0.5, 0.6) is 0 Å². The van der Waals surface area contributed by atoms with Crippen molar-refractivity contribution in [1.82, 2.24) is 0 Å². The topological polar surface area (TPSA) is 0 Å². The molecule has 1 unspecified atom stereocenters. The molecule has 0 spiro atoms. The number of rotatable bonds is 2. The summed E-state index contributed by atoms with van der Waals surface area (Å²) in [5.74, 6) is 0. The van der Waals surface area contributed by atoms with Crippen LogP contribution < -0.4 is 0 Å². The molecule has 0 bridgehead atoms. The average molecular weight is 401 g/mol. The molecule has 1 atom stereocenters. The number of halogens is 4. The molecule has 0 aliphatic carbocycles. The van der Waals surface area contributed by atoms with Gasteiger partial charge in [0, 0.05) is 14.4 Å². The van der Waals surface area contributed by atoms with Crippen LogP contribution in [0.3, 0.4) is 0 Å². The maximum atomic E-state index is 5.99. The van der Waals surface area contributed by atoms with Gasteiger partial charge in [0.15, 0.2) is 0 Å². The highest BCUT2D eigenvalue weighted by Crippen LogP contribution is 2.40. The Morgan fingerprint density at radius 1 is 1.12 bits per heavy atom. The fourth-order valence-electron chi connectivity index (χ4n) is 1.33. The van der Waals surface area contributed by atoms with E-state index in [4.69, 9.17) is 23.2 Å². The molecule has 1 aromatic heterocycles. The smallest absolute Gasteiger partial charge is 0.0931 e. The second kappa shape index (κ2) is 5.40. The van der Waals surface area contributed by atoms with Crippen LogP contribution in [0, 0.1) is 0 Å². The summed E-state index contributed by atoms with van der Waals surface area (Å²) in [6.45, 7) is 0. The molecule has 2 aromatic rings. The maximum absolute atomic E-state index is 5.99. The van der Waals surface area contributed by atoms with Crippen molar-refractivity contribution >= 4 is 66.4 Å². The molecule has 0 saturated heterocycles. The average Bonchev–Trinajstić information content (AvgIpc) is 2.67. The van der Waals surface area contributed by atoms with Gasteiger partial charge in [-0.05, 0) is 35.9 Å². The molecule has 0 saturated carbocycles. The lowest BCUT2D eigenvalue weighted by Crippen LogP contribution is -1.90. The summed E-state index contributed by atoms with van der Waals surface area (Å²) in [7, 11) is 0.